The molecule has 0 N–H and O–H groups in total. The van der Waals surface area contributed by atoms with Gasteiger partial charge < -0.3 is 14.2 Å². The van der Waals surface area contributed by atoms with Crippen LogP contribution >= 0.6 is 0 Å². The number of hydrogen-bond donors (Lipinski definition) is 0. The van der Waals surface area contributed by atoms with Gasteiger partial charge in [0.25, 0.3) is 0 Å². The summed E-state index contributed by atoms with van der Waals surface area (Å²) < 4.78 is 247. The second-order valence-corrected chi connectivity index (χ2v) is 7.58. The van der Waals surface area contributed by atoms with E-state index in [1.807, 2.05) is 0 Å². The van der Waals surface area contributed by atoms with Crippen LogP contribution in [0.1, 0.15) is 13.3 Å². The van der Waals surface area contributed by atoms with E-state index >= 15 is 0 Å². The minimum atomic E-state index is -7.38. The van der Waals surface area contributed by atoms with Gasteiger partial charge in [-0.2, -0.15) is 79.0 Å². The summed E-state index contributed by atoms with van der Waals surface area (Å²) in [6.07, 6.45) is -44.8. The Morgan fingerprint density at radius 2 is 0.763 bits per heavy atom. The largest absolute Gasteiger partial charge is 0.435 e. The van der Waals surface area contributed by atoms with Gasteiger partial charge in [-0.05, 0) is 6.42 Å². The number of alkyl halides is 18. The minimum Gasteiger partial charge on any atom is -0.377 e. The molecule has 0 radical (unpaired) electrons. The molecule has 0 rings (SSSR count). The molecule has 3 nitrogen and oxygen atoms in total. The van der Waals surface area contributed by atoms with Crippen molar-refractivity contribution in [2.75, 3.05) is 26.4 Å². The Hall–Kier alpha value is -1.64. The molecule has 0 aliphatic carbocycles. The fourth-order valence-electron chi connectivity index (χ4n) is 2.77. The quantitative estimate of drug-likeness (QED) is 0.138. The first-order valence-electron chi connectivity index (χ1n) is 9.40. The van der Waals surface area contributed by atoms with Crippen LogP contribution in [0, 0.1) is 5.41 Å². The van der Waals surface area contributed by atoms with Crippen LogP contribution in [0.15, 0.2) is 12.7 Å². The maximum atomic E-state index is 13.1. The minimum absolute atomic E-state index is 0.566. The zero-order chi connectivity index (χ0) is 30.9. The van der Waals surface area contributed by atoms with E-state index in [2.05, 4.69) is 20.8 Å². The summed E-state index contributed by atoms with van der Waals surface area (Å²) in [7, 11) is 0. The van der Waals surface area contributed by atoms with E-state index < -0.39 is 86.5 Å². The van der Waals surface area contributed by atoms with Gasteiger partial charge in [0.15, 0.2) is 0 Å². The average molecular weight is 610 g/mol. The molecule has 0 aromatic heterocycles. The van der Waals surface area contributed by atoms with Crippen LogP contribution in [0.3, 0.4) is 0 Å². The van der Waals surface area contributed by atoms with Gasteiger partial charge in [0.1, 0.15) is 0 Å². The number of hydrogen-bond acceptors (Lipinski definition) is 3. The van der Waals surface area contributed by atoms with Crippen molar-refractivity contribution in [2.45, 2.75) is 61.6 Å². The fraction of sp³-hybridized carbons (Fsp3) is 0.882. The highest BCUT2D eigenvalue weighted by atomic mass is 19.4. The Morgan fingerprint density at radius 1 is 0.500 bits per heavy atom. The van der Waals surface area contributed by atoms with Crippen molar-refractivity contribution >= 4 is 0 Å². The van der Waals surface area contributed by atoms with Crippen LogP contribution in [-0.4, -0.2) is 74.7 Å². The van der Waals surface area contributed by atoms with Gasteiger partial charge in [0, 0.05) is 5.41 Å². The van der Waals surface area contributed by atoms with E-state index in [0.717, 1.165) is 6.08 Å². The molecule has 0 spiro atoms. The van der Waals surface area contributed by atoms with Crippen LogP contribution in [0.25, 0.3) is 0 Å². The topological polar surface area (TPSA) is 27.7 Å². The Morgan fingerprint density at radius 3 is 0.947 bits per heavy atom. The lowest BCUT2D eigenvalue weighted by Crippen LogP contribution is -2.69. The maximum Gasteiger partial charge on any atom is 0.435 e. The molecule has 0 aromatic carbocycles. The predicted octanol–water partition coefficient (Wildman–Crippen LogP) is 7.47. The molecular formula is C17H16F18O3. The Bertz CT molecular complexity index is 642. The molecule has 0 atom stereocenters. The standard InChI is InChI=1S/C17H16F18O3/c1-3-5-36-6-9(4-2,7-37-10(12(18,19)20,13(21,22)23)14(24,25)26)8-38-11(15(27,28)29,16(30,31)32)17(33,34)35/h3H,1,4-8H2,2H3. The molecule has 21 heteroatoms. The molecule has 0 heterocycles. The van der Waals surface area contributed by atoms with Crippen molar-refractivity contribution in [3.05, 3.63) is 12.7 Å². The summed E-state index contributed by atoms with van der Waals surface area (Å²) >= 11 is 0. The van der Waals surface area contributed by atoms with E-state index in [-0.39, 0.29) is 0 Å². The van der Waals surface area contributed by atoms with Crippen molar-refractivity contribution in [1.29, 1.82) is 0 Å². The van der Waals surface area contributed by atoms with Crippen LogP contribution in [-0.2, 0) is 14.2 Å². The lowest BCUT2D eigenvalue weighted by Gasteiger charge is -2.43. The Balaban J connectivity index is 6.92. The van der Waals surface area contributed by atoms with Gasteiger partial charge in [0.2, 0.25) is 0 Å². The molecule has 38 heavy (non-hydrogen) atoms. The van der Waals surface area contributed by atoms with Crippen LogP contribution in [0.4, 0.5) is 79.0 Å². The third-order valence-electron chi connectivity index (χ3n) is 4.98. The van der Waals surface area contributed by atoms with E-state index in [9.17, 15) is 79.0 Å². The Kier molecular flexibility index (Phi) is 10.6. The lowest BCUT2D eigenvalue weighted by molar-refractivity contribution is -0.467. The third-order valence-corrected chi connectivity index (χ3v) is 4.98. The summed E-state index contributed by atoms with van der Waals surface area (Å²) in [5, 5.41) is 0. The highest BCUT2D eigenvalue weighted by molar-refractivity contribution is 5.05. The molecular weight excluding hydrogens is 594 g/mol. The van der Waals surface area contributed by atoms with Crippen molar-refractivity contribution in [1.82, 2.24) is 0 Å². The molecule has 0 aliphatic rings. The molecule has 0 fully saturated rings. The van der Waals surface area contributed by atoms with Gasteiger partial charge in [-0.3, -0.25) is 0 Å². The van der Waals surface area contributed by atoms with Gasteiger partial charge in [-0.1, -0.05) is 13.0 Å². The fourth-order valence-corrected chi connectivity index (χ4v) is 2.77. The summed E-state index contributed by atoms with van der Waals surface area (Å²) in [5.41, 5.74) is -17.4. The van der Waals surface area contributed by atoms with Crippen LogP contribution < -0.4 is 0 Å². The van der Waals surface area contributed by atoms with Gasteiger partial charge in [-0.15, -0.1) is 6.58 Å². The van der Waals surface area contributed by atoms with E-state index in [4.69, 9.17) is 0 Å². The number of halogens is 18. The Labute approximate surface area is 200 Å². The molecule has 0 saturated carbocycles. The second kappa shape index (κ2) is 11.1. The SMILES string of the molecule is C=CCOCC(CC)(COC(C(F)(F)F)(C(F)(F)F)C(F)(F)F)COC(C(F)(F)F)(C(F)(F)F)C(F)(F)F. The smallest absolute Gasteiger partial charge is 0.377 e. The van der Waals surface area contributed by atoms with E-state index in [1.165, 1.54) is 0 Å². The van der Waals surface area contributed by atoms with Crippen LogP contribution in [0.2, 0.25) is 0 Å². The highest BCUT2D eigenvalue weighted by Crippen LogP contribution is 2.57. The average Bonchev–Trinajstić information content (AvgIpc) is 2.61. The van der Waals surface area contributed by atoms with Crippen molar-refractivity contribution in [2.24, 2.45) is 5.41 Å². The summed E-state index contributed by atoms with van der Waals surface area (Å²) in [6, 6.07) is 0. The molecule has 0 aliphatic heterocycles. The monoisotopic (exact) mass is 610 g/mol. The lowest BCUT2D eigenvalue weighted by atomic mass is 9.86. The molecule has 0 unspecified atom stereocenters. The van der Waals surface area contributed by atoms with Gasteiger partial charge in [-0.25, -0.2) is 0 Å². The van der Waals surface area contributed by atoms with E-state index in [0.29, 0.717) is 6.92 Å². The van der Waals surface area contributed by atoms with Crippen molar-refractivity contribution < 1.29 is 93.2 Å². The summed E-state index contributed by atoms with van der Waals surface area (Å²) in [4.78, 5) is 0. The van der Waals surface area contributed by atoms with Gasteiger partial charge >= 0.3 is 48.3 Å². The highest BCUT2D eigenvalue weighted by Gasteiger charge is 2.87. The number of rotatable bonds is 11. The molecule has 0 amide bonds. The van der Waals surface area contributed by atoms with Crippen LogP contribution in [0.5, 0.6) is 0 Å². The molecule has 0 bridgehead atoms. The molecule has 228 valence electrons. The summed E-state index contributed by atoms with van der Waals surface area (Å²) in [5.74, 6) is 0. The molecule has 0 saturated heterocycles. The third kappa shape index (κ3) is 6.73. The second-order valence-electron chi connectivity index (χ2n) is 7.58. The number of ether oxygens (including phenoxy) is 3. The first kappa shape index (κ1) is 36.4. The van der Waals surface area contributed by atoms with Crippen molar-refractivity contribution in [3.8, 4) is 0 Å². The van der Waals surface area contributed by atoms with Gasteiger partial charge in [0.05, 0.1) is 26.4 Å². The first-order valence-corrected chi connectivity index (χ1v) is 9.40. The molecule has 0 aromatic rings. The normalized spacial score (nSPS) is 15.7. The van der Waals surface area contributed by atoms with E-state index in [1.54, 1.807) is 0 Å². The predicted molar refractivity (Wildman–Crippen MR) is 87.4 cm³/mol. The van der Waals surface area contributed by atoms with Crippen molar-refractivity contribution in [3.63, 3.8) is 0 Å². The zero-order valence-electron chi connectivity index (χ0n) is 18.3. The first-order chi connectivity index (χ1) is 16.5. The maximum absolute atomic E-state index is 13.1. The summed E-state index contributed by atoms with van der Waals surface area (Å²) in [6.45, 7) is -4.27. The zero-order valence-corrected chi connectivity index (χ0v) is 18.3.